The molecule has 154 valence electrons. The zero-order valence-electron chi connectivity index (χ0n) is 15.1. The third-order valence-corrected chi connectivity index (χ3v) is 3.98. The fourth-order valence-corrected chi connectivity index (χ4v) is 2.45. The molecule has 0 spiro atoms. The number of anilines is 2. The number of oxazole rings is 1. The number of aromatic nitrogens is 2. The third-order valence-electron chi connectivity index (χ3n) is 3.98. The molecule has 2 heterocycles. The molecule has 1 atom stereocenters. The van der Waals surface area contributed by atoms with E-state index in [0.29, 0.717) is 23.6 Å². The molecule has 0 amide bonds. The summed E-state index contributed by atoms with van der Waals surface area (Å²) in [5, 5.41) is 23.9. The Morgan fingerprint density at radius 1 is 1.03 bits per heavy atom. The highest BCUT2D eigenvalue weighted by Crippen LogP contribution is 2.31. The van der Waals surface area contributed by atoms with E-state index in [2.05, 4.69) is 20.6 Å². The van der Waals surface area contributed by atoms with E-state index in [1.54, 1.807) is 18.3 Å². The Labute approximate surface area is 164 Å². The average Bonchev–Trinajstić information content (AvgIpc) is 3.17. The molecule has 0 bridgehead atoms. The number of aliphatic hydroxyl groups is 2. The number of rotatable bonds is 8. The molecule has 0 saturated carbocycles. The summed E-state index contributed by atoms with van der Waals surface area (Å²) in [6.45, 7) is 0.365. The van der Waals surface area contributed by atoms with E-state index >= 15 is 0 Å². The van der Waals surface area contributed by atoms with Crippen LogP contribution in [-0.2, 0) is 12.7 Å². The van der Waals surface area contributed by atoms with E-state index in [0.717, 1.165) is 17.8 Å². The Bertz CT molecular complexity index is 912. The summed E-state index contributed by atoms with van der Waals surface area (Å²) in [4.78, 5) is 8.32. The highest BCUT2D eigenvalue weighted by Gasteiger charge is 2.30. The maximum absolute atomic E-state index is 12.6. The van der Waals surface area contributed by atoms with Crippen molar-refractivity contribution in [1.29, 1.82) is 0 Å². The molecular formula is C19H19F3N4O3. The summed E-state index contributed by atoms with van der Waals surface area (Å²) in [6, 6.07) is 8.32. The number of halogens is 3. The summed E-state index contributed by atoms with van der Waals surface area (Å²) in [6.07, 6.45) is -2.22. The van der Waals surface area contributed by atoms with Crippen molar-refractivity contribution in [2.75, 3.05) is 18.5 Å². The molecule has 3 aromatic rings. The second-order valence-corrected chi connectivity index (χ2v) is 6.24. The van der Waals surface area contributed by atoms with Crippen LogP contribution in [0.3, 0.4) is 0 Å². The van der Waals surface area contributed by atoms with Gasteiger partial charge in [0.05, 0.1) is 42.0 Å². The van der Waals surface area contributed by atoms with Gasteiger partial charge in [0.25, 0.3) is 6.01 Å². The number of nitrogens with zero attached hydrogens (tertiary/aromatic N) is 2. The summed E-state index contributed by atoms with van der Waals surface area (Å²) in [5.74, 6) is 0.331. The first kappa shape index (κ1) is 20.8. The van der Waals surface area contributed by atoms with E-state index in [1.807, 2.05) is 0 Å². The molecule has 7 nitrogen and oxygen atoms in total. The second kappa shape index (κ2) is 9.03. The molecule has 3 rings (SSSR count). The van der Waals surface area contributed by atoms with Gasteiger partial charge in [0.2, 0.25) is 0 Å². The molecule has 0 aliphatic rings. The summed E-state index contributed by atoms with van der Waals surface area (Å²) < 4.78 is 43.5. The lowest BCUT2D eigenvalue weighted by molar-refractivity contribution is -0.137. The molecule has 0 radical (unpaired) electrons. The fraction of sp³-hybridized carbons (Fsp3) is 0.263. The zero-order chi connectivity index (χ0) is 20.9. The highest BCUT2D eigenvalue weighted by molar-refractivity contribution is 5.59. The SMILES string of the molecule is OCC(O)CNCc1ccc(Nc2ncc(-c3ccc(C(F)(F)F)cc3)o2)cn1. The van der Waals surface area contributed by atoms with Gasteiger partial charge >= 0.3 is 6.18 Å². The normalized spacial score (nSPS) is 12.7. The van der Waals surface area contributed by atoms with Crippen LogP contribution in [0.4, 0.5) is 24.9 Å². The molecule has 1 aromatic carbocycles. The van der Waals surface area contributed by atoms with Gasteiger partial charge in [-0.2, -0.15) is 13.2 Å². The first-order valence-electron chi connectivity index (χ1n) is 8.70. The molecule has 10 heteroatoms. The predicted octanol–water partition coefficient (Wildman–Crippen LogP) is 2.94. The molecule has 29 heavy (non-hydrogen) atoms. The molecule has 0 fully saturated rings. The maximum Gasteiger partial charge on any atom is 0.416 e. The Morgan fingerprint density at radius 2 is 1.79 bits per heavy atom. The number of alkyl halides is 3. The smallest absolute Gasteiger partial charge is 0.416 e. The van der Waals surface area contributed by atoms with E-state index in [1.165, 1.54) is 18.3 Å². The lowest BCUT2D eigenvalue weighted by Crippen LogP contribution is -2.29. The number of aliphatic hydroxyl groups excluding tert-OH is 2. The molecule has 0 saturated heterocycles. The van der Waals surface area contributed by atoms with Crippen molar-refractivity contribution in [2.45, 2.75) is 18.8 Å². The van der Waals surface area contributed by atoms with Crippen molar-refractivity contribution in [3.8, 4) is 11.3 Å². The molecular weight excluding hydrogens is 389 g/mol. The number of nitrogens with one attached hydrogen (secondary N) is 2. The van der Waals surface area contributed by atoms with Gasteiger partial charge in [-0.15, -0.1) is 0 Å². The van der Waals surface area contributed by atoms with Crippen LogP contribution in [0.1, 0.15) is 11.3 Å². The quantitative estimate of drug-likeness (QED) is 0.454. The lowest BCUT2D eigenvalue weighted by Gasteiger charge is -2.08. The van der Waals surface area contributed by atoms with E-state index in [9.17, 15) is 18.3 Å². The van der Waals surface area contributed by atoms with Crippen LogP contribution >= 0.6 is 0 Å². The van der Waals surface area contributed by atoms with Gasteiger partial charge in [0, 0.05) is 18.7 Å². The van der Waals surface area contributed by atoms with Crippen LogP contribution in [-0.4, -0.2) is 39.4 Å². The number of benzene rings is 1. The van der Waals surface area contributed by atoms with Crippen molar-refractivity contribution in [2.24, 2.45) is 0 Å². The van der Waals surface area contributed by atoms with E-state index in [-0.39, 0.29) is 19.2 Å². The minimum absolute atomic E-state index is 0.179. The van der Waals surface area contributed by atoms with Crippen molar-refractivity contribution >= 4 is 11.7 Å². The minimum atomic E-state index is -4.39. The van der Waals surface area contributed by atoms with E-state index in [4.69, 9.17) is 9.52 Å². The topological polar surface area (TPSA) is 103 Å². The van der Waals surface area contributed by atoms with Gasteiger partial charge in [-0.25, -0.2) is 4.98 Å². The van der Waals surface area contributed by atoms with Crippen LogP contribution in [0.15, 0.2) is 53.2 Å². The standard InChI is InChI=1S/C19H19F3N4O3/c20-19(21,22)13-3-1-12(2-4-13)17-10-25-18(29-17)26-15-6-5-14(24-8-15)7-23-9-16(28)11-27/h1-6,8,10,16,23,27-28H,7,9,11H2,(H,25,26). The number of hydrogen-bond acceptors (Lipinski definition) is 7. The average molecular weight is 408 g/mol. The predicted molar refractivity (Wildman–Crippen MR) is 99.3 cm³/mol. The van der Waals surface area contributed by atoms with Gasteiger partial charge in [-0.3, -0.25) is 4.98 Å². The number of hydrogen-bond donors (Lipinski definition) is 4. The first-order valence-corrected chi connectivity index (χ1v) is 8.70. The molecule has 1 unspecified atom stereocenters. The van der Waals surface area contributed by atoms with Crippen LogP contribution in [0.2, 0.25) is 0 Å². The largest absolute Gasteiger partial charge is 0.423 e. The van der Waals surface area contributed by atoms with Crippen LogP contribution < -0.4 is 10.6 Å². The number of pyridine rings is 1. The summed E-state index contributed by atoms with van der Waals surface area (Å²) in [5.41, 5.74) is 1.09. The van der Waals surface area contributed by atoms with Crippen molar-refractivity contribution in [1.82, 2.24) is 15.3 Å². The third kappa shape index (κ3) is 5.76. The highest BCUT2D eigenvalue weighted by atomic mass is 19.4. The molecule has 4 N–H and O–H groups in total. The van der Waals surface area contributed by atoms with Crippen molar-refractivity contribution in [3.63, 3.8) is 0 Å². The summed E-state index contributed by atoms with van der Waals surface area (Å²) >= 11 is 0. The van der Waals surface area contributed by atoms with Crippen LogP contribution in [0.5, 0.6) is 0 Å². The van der Waals surface area contributed by atoms with Gasteiger partial charge in [-0.05, 0) is 24.3 Å². The Balaban J connectivity index is 1.58. The Hall–Kier alpha value is -2.95. The molecule has 0 aliphatic carbocycles. The van der Waals surface area contributed by atoms with E-state index < -0.39 is 17.8 Å². The second-order valence-electron chi connectivity index (χ2n) is 6.24. The van der Waals surface area contributed by atoms with Crippen LogP contribution in [0, 0.1) is 0 Å². The fourth-order valence-electron chi connectivity index (χ4n) is 2.45. The monoisotopic (exact) mass is 408 g/mol. The van der Waals surface area contributed by atoms with Crippen molar-refractivity contribution < 1.29 is 27.8 Å². The lowest BCUT2D eigenvalue weighted by atomic mass is 10.1. The first-order chi connectivity index (χ1) is 13.8. The Morgan fingerprint density at radius 3 is 2.41 bits per heavy atom. The molecule has 0 aliphatic heterocycles. The van der Waals surface area contributed by atoms with Crippen LogP contribution in [0.25, 0.3) is 11.3 Å². The Kier molecular flexibility index (Phi) is 6.47. The maximum atomic E-state index is 12.6. The zero-order valence-corrected chi connectivity index (χ0v) is 15.1. The molecule has 2 aromatic heterocycles. The van der Waals surface area contributed by atoms with Crippen molar-refractivity contribution in [3.05, 3.63) is 60.0 Å². The van der Waals surface area contributed by atoms with Gasteiger partial charge in [-0.1, -0.05) is 12.1 Å². The summed E-state index contributed by atoms with van der Waals surface area (Å²) in [7, 11) is 0. The van der Waals surface area contributed by atoms with Gasteiger partial charge in [0.1, 0.15) is 0 Å². The van der Waals surface area contributed by atoms with Gasteiger partial charge < -0.3 is 25.3 Å². The van der Waals surface area contributed by atoms with Gasteiger partial charge in [0.15, 0.2) is 5.76 Å². The minimum Gasteiger partial charge on any atom is -0.423 e.